The lowest BCUT2D eigenvalue weighted by atomic mass is 10.2. The highest BCUT2D eigenvalue weighted by molar-refractivity contribution is 9.10. The van der Waals surface area contributed by atoms with E-state index in [-0.39, 0.29) is 5.56 Å². The van der Waals surface area contributed by atoms with Crippen molar-refractivity contribution in [2.24, 2.45) is 4.99 Å². The molecule has 0 aliphatic heterocycles. The van der Waals surface area contributed by atoms with Crippen LogP contribution in [0, 0.1) is 0 Å². The molecule has 6 heteroatoms. The maximum Gasteiger partial charge on any atom is 0.337 e. The number of carboxylic acid groups (broad SMARTS) is 1. The highest BCUT2D eigenvalue weighted by Gasteiger charge is 2.09. The summed E-state index contributed by atoms with van der Waals surface area (Å²) in [5, 5.41) is 9.18. The van der Waals surface area contributed by atoms with Crippen LogP contribution in [-0.4, -0.2) is 24.4 Å². The van der Waals surface area contributed by atoms with Gasteiger partial charge in [0.1, 0.15) is 5.75 Å². The van der Waals surface area contributed by atoms with Gasteiger partial charge in [0.2, 0.25) is 0 Å². The fourth-order valence-corrected chi connectivity index (χ4v) is 2.47. The van der Waals surface area contributed by atoms with Crippen LogP contribution in [0.15, 0.2) is 50.3 Å². The molecule has 0 heterocycles. The number of carbonyl (C=O) groups is 1. The molecule has 0 radical (unpaired) electrons. The third kappa shape index (κ3) is 3.92. The first kappa shape index (κ1) is 15.7. The molecule has 2 aromatic carbocycles. The van der Waals surface area contributed by atoms with Crippen molar-refractivity contribution in [2.75, 3.05) is 7.11 Å². The number of benzene rings is 2. The quantitative estimate of drug-likeness (QED) is 0.742. The van der Waals surface area contributed by atoms with Gasteiger partial charge in [-0.1, -0.05) is 31.9 Å². The van der Waals surface area contributed by atoms with Gasteiger partial charge in [-0.25, -0.2) is 4.79 Å². The van der Waals surface area contributed by atoms with Gasteiger partial charge < -0.3 is 9.84 Å². The van der Waals surface area contributed by atoms with Crippen molar-refractivity contribution in [3.63, 3.8) is 0 Å². The summed E-state index contributed by atoms with van der Waals surface area (Å²) in [5.74, 6) is -0.357. The van der Waals surface area contributed by atoms with Gasteiger partial charge in [-0.15, -0.1) is 0 Å². The smallest absolute Gasteiger partial charge is 0.337 e. The minimum absolute atomic E-state index is 0.142. The fraction of sp³-hybridized carbons (Fsp3) is 0.0667. The average molecular weight is 413 g/mol. The zero-order chi connectivity index (χ0) is 15.4. The predicted molar refractivity (Wildman–Crippen MR) is 89.0 cm³/mol. The van der Waals surface area contributed by atoms with Crippen molar-refractivity contribution in [2.45, 2.75) is 0 Å². The van der Waals surface area contributed by atoms with E-state index in [1.807, 2.05) is 18.2 Å². The molecule has 0 saturated carbocycles. The summed E-state index contributed by atoms with van der Waals surface area (Å²) >= 11 is 6.69. The molecule has 108 valence electrons. The molecular weight excluding hydrogens is 402 g/mol. The summed E-state index contributed by atoms with van der Waals surface area (Å²) in [4.78, 5) is 15.5. The molecule has 0 saturated heterocycles. The second kappa shape index (κ2) is 6.87. The lowest BCUT2D eigenvalue weighted by Crippen LogP contribution is -1.97. The van der Waals surface area contributed by atoms with Gasteiger partial charge in [-0.2, -0.15) is 0 Å². The van der Waals surface area contributed by atoms with Crippen molar-refractivity contribution in [1.29, 1.82) is 0 Å². The van der Waals surface area contributed by atoms with Crippen LogP contribution in [0.25, 0.3) is 0 Å². The highest BCUT2D eigenvalue weighted by atomic mass is 79.9. The topological polar surface area (TPSA) is 58.9 Å². The predicted octanol–water partition coefficient (Wildman–Crippen LogP) is 4.67. The van der Waals surface area contributed by atoms with Crippen LogP contribution in [0.1, 0.15) is 15.9 Å². The number of rotatable bonds is 4. The molecule has 21 heavy (non-hydrogen) atoms. The second-order valence-electron chi connectivity index (χ2n) is 4.11. The van der Waals surface area contributed by atoms with Gasteiger partial charge in [0.25, 0.3) is 0 Å². The number of halogens is 2. The Morgan fingerprint density at radius 1 is 1.19 bits per heavy atom. The number of carboxylic acids is 1. The van der Waals surface area contributed by atoms with Gasteiger partial charge in [0.15, 0.2) is 0 Å². The molecule has 0 atom stereocenters. The van der Waals surface area contributed by atoms with Gasteiger partial charge in [-0.3, -0.25) is 4.99 Å². The minimum Gasteiger partial charge on any atom is -0.496 e. The van der Waals surface area contributed by atoms with E-state index in [0.29, 0.717) is 11.4 Å². The fourth-order valence-electron chi connectivity index (χ4n) is 1.74. The zero-order valence-electron chi connectivity index (χ0n) is 11.0. The molecular formula is C15H11Br2NO3. The Balaban J connectivity index is 2.44. The molecule has 1 N–H and O–H groups in total. The Morgan fingerprint density at radius 3 is 2.52 bits per heavy atom. The number of aliphatic imine (C=N–C) groups is 1. The third-order valence-electron chi connectivity index (χ3n) is 2.72. The number of hydrogen-bond donors (Lipinski definition) is 1. The Bertz CT molecular complexity index is 714. The molecule has 0 aromatic heterocycles. The summed E-state index contributed by atoms with van der Waals surface area (Å²) in [7, 11) is 1.57. The summed E-state index contributed by atoms with van der Waals surface area (Å²) in [6.45, 7) is 0. The van der Waals surface area contributed by atoms with Gasteiger partial charge in [0.05, 0.1) is 18.4 Å². The molecule has 2 aromatic rings. The number of hydrogen-bond acceptors (Lipinski definition) is 3. The van der Waals surface area contributed by atoms with Crippen molar-refractivity contribution < 1.29 is 14.6 Å². The Labute approximate surface area is 138 Å². The van der Waals surface area contributed by atoms with Crippen LogP contribution < -0.4 is 4.74 Å². The van der Waals surface area contributed by atoms with Crippen molar-refractivity contribution in [3.8, 4) is 5.75 Å². The zero-order valence-corrected chi connectivity index (χ0v) is 14.2. The lowest BCUT2D eigenvalue weighted by Gasteiger charge is -2.05. The Kier molecular flexibility index (Phi) is 5.14. The van der Waals surface area contributed by atoms with Gasteiger partial charge >= 0.3 is 5.97 Å². The van der Waals surface area contributed by atoms with E-state index >= 15 is 0 Å². The summed E-state index contributed by atoms with van der Waals surface area (Å²) in [6.07, 6.45) is 1.58. The molecule has 0 bridgehead atoms. The van der Waals surface area contributed by atoms with Crippen LogP contribution in [0.3, 0.4) is 0 Å². The molecule has 2 rings (SSSR count). The lowest BCUT2D eigenvalue weighted by molar-refractivity contribution is 0.0698. The first-order chi connectivity index (χ1) is 10.0. The minimum atomic E-state index is -1.02. The number of nitrogens with zero attached hydrogens (tertiary/aromatic N) is 1. The van der Waals surface area contributed by atoms with Crippen molar-refractivity contribution >= 4 is 49.7 Å². The Hall–Kier alpha value is -1.66. The first-order valence-electron chi connectivity index (χ1n) is 5.91. The molecule has 0 spiro atoms. The van der Waals surface area contributed by atoms with Crippen LogP contribution in [0.4, 0.5) is 5.69 Å². The molecule has 0 fully saturated rings. The van der Waals surface area contributed by atoms with Gasteiger partial charge in [0, 0.05) is 20.7 Å². The standard InChI is InChI=1S/C15H11Br2NO3/c1-21-14-5-3-10(16)6-9(14)8-18-13-7-11(17)2-4-12(13)15(19)20/h2-8H,1H3,(H,19,20). The summed E-state index contributed by atoms with van der Waals surface area (Å²) in [5.41, 5.74) is 1.27. The van der Waals surface area contributed by atoms with E-state index in [2.05, 4.69) is 36.9 Å². The number of methoxy groups -OCH3 is 1. The Morgan fingerprint density at radius 2 is 1.86 bits per heavy atom. The van der Waals surface area contributed by atoms with Crippen LogP contribution in [0.5, 0.6) is 5.75 Å². The highest BCUT2D eigenvalue weighted by Crippen LogP contribution is 2.26. The average Bonchev–Trinajstić information content (AvgIpc) is 2.45. The van der Waals surface area contributed by atoms with E-state index in [1.165, 1.54) is 6.07 Å². The summed E-state index contributed by atoms with van der Waals surface area (Å²) < 4.78 is 6.90. The molecule has 0 aliphatic carbocycles. The van der Waals surface area contributed by atoms with Crippen LogP contribution >= 0.6 is 31.9 Å². The normalized spacial score (nSPS) is 10.8. The van der Waals surface area contributed by atoms with Crippen LogP contribution in [0.2, 0.25) is 0 Å². The first-order valence-corrected chi connectivity index (χ1v) is 7.50. The maximum absolute atomic E-state index is 11.2. The maximum atomic E-state index is 11.2. The second-order valence-corrected chi connectivity index (χ2v) is 5.94. The molecule has 0 unspecified atom stereocenters. The number of ether oxygens (including phenoxy) is 1. The monoisotopic (exact) mass is 411 g/mol. The molecule has 0 aliphatic rings. The van der Waals surface area contributed by atoms with Gasteiger partial charge in [-0.05, 0) is 36.4 Å². The molecule has 4 nitrogen and oxygen atoms in total. The van der Waals surface area contributed by atoms with Crippen molar-refractivity contribution in [3.05, 3.63) is 56.5 Å². The van der Waals surface area contributed by atoms with E-state index in [0.717, 1.165) is 14.5 Å². The van der Waals surface area contributed by atoms with E-state index in [4.69, 9.17) is 4.74 Å². The third-order valence-corrected chi connectivity index (χ3v) is 3.71. The number of aromatic carboxylic acids is 1. The SMILES string of the molecule is COc1ccc(Br)cc1C=Nc1cc(Br)ccc1C(=O)O. The summed E-state index contributed by atoms with van der Waals surface area (Å²) in [6, 6.07) is 10.4. The van der Waals surface area contributed by atoms with E-state index in [1.54, 1.807) is 25.5 Å². The van der Waals surface area contributed by atoms with E-state index in [9.17, 15) is 9.90 Å². The largest absolute Gasteiger partial charge is 0.496 e. The van der Waals surface area contributed by atoms with Crippen molar-refractivity contribution in [1.82, 2.24) is 0 Å². The molecule has 0 amide bonds. The van der Waals surface area contributed by atoms with Crippen LogP contribution in [-0.2, 0) is 0 Å². The van der Waals surface area contributed by atoms with E-state index < -0.39 is 5.97 Å².